The number of hydrogen-bond donors (Lipinski definition) is 1. The van der Waals surface area contributed by atoms with Crippen molar-refractivity contribution in [2.45, 2.75) is 46.2 Å². The Kier molecular flexibility index (Phi) is 9.41. The molecule has 0 saturated heterocycles. The summed E-state index contributed by atoms with van der Waals surface area (Å²) in [4.78, 5) is 28.3. The van der Waals surface area contributed by atoms with Gasteiger partial charge in [0.1, 0.15) is 17.6 Å². The van der Waals surface area contributed by atoms with Crippen molar-refractivity contribution < 1.29 is 18.7 Å². The Morgan fingerprint density at radius 1 is 0.971 bits per heavy atom. The van der Waals surface area contributed by atoms with Crippen molar-refractivity contribution in [1.29, 1.82) is 0 Å². The molecule has 0 unspecified atom stereocenters. The van der Waals surface area contributed by atoms with Gasteiger partial charge in [-0.15, -0.1) is 0 Å². The summed E-state index contributed by atoms with van der Waals surface area (Å²) >= 11 is 0. The monoisotopic (exact) mass is 476 g/mol. The minimum absolute atomic E-state index is 0.159. The van der Waals surface area contributed by atoms with Crippen LogP contribution in [0.5, 0.6) is 5.75 Å². The predicted molar refractivity (Wildman–Crippen MR) is 136 cm³/mol. The van der Waals surface area contributed by atoms with E-state index >= 15 is 0 Å². The highest BCUT2D eigenvalue weighted by Crippen LogP contribution is 2.20. The summed E-state index contributed by atoms with van der Waals surface area (Å²) < 4.78 is 19.4. The third-order valence-corrected chi connectivity index (χ3v) is 5.78. The number of ether oxygens (including phenoxy) is 1. The molecule has 3 rings (SSSR count). The molecule has 1 atom stereocenters. The summed E-state index contributed by atoms with van der Waals surface area (Å²) in [6.45, 7) is 6.33. The third kappa shape index (κ3) is 7.67. The Morgan fingerprint density at radius 3 is 2.37 bits per heavy atom. The number of aryl methyl sites for hydroxylation is 2. The van der Waals surface area contributed by atoms with E-state index in [0.717, 1.165) is 28.7 Å². The number of nitrogens with one attached hydrogen (secondary N) is 1. The van der Waals surface area contributed by atoms with E-state index in [1.807, 2.05) is 69.3 Å². The SMILES string of the molecule is CCCNC(=O)[C@H](Cc1ccccc1)N(Cc1ccc(F)cc1)C(=O)COc1cc(C)ccc1C. The normalized spacial score (nSPS) is 11.5. The van der Waals surface area contributed by atoms with Crippen LogP contribution in [0.25, 0.3) is 0 Å². The van der Waals surface area contributed by atoms with Crippen LogP contribution in [0.4, 0.5) is 4.39 Å². The fourth-order valence-corrected chi connectivity index (χ4v) is 3.79. The molecule has 3 aromatic carbocycles. The molecule has 0 heterocycles. The Labute approximate surface area is 206 Å². The Hall–Kier alpha value is -3.67. The van der Waals surface area contributed by atoms with Gasteiger partial charge in [0, 0.05) is 19.5 Å². The molecular formula is C29H33FN2O3. The second-order valence-electron chi connectivity index (χ2n) is 8.70. The van der Waals surface area contributed by atoms with Crippen molar-refractivity contribution in [3.05, 3.63) is 101 Å². The maximum absolute atomic E-state index is 13.5. The number of rotatable bonds is 11. The van der Waals surface area contributed by atoms with Gasteiger partial charge in [-0.2, -0.15) is 0 Å². The summed E-state index contributed by atoms with van der Waals surface area (Å²) in [5.41, 5.74) is 3.63. The molecule has 6 heteroatoms. The van der Waals surface area contributed by atoms with Crippen LogP contribution in [0.1, 0.15) is 35.6 Å². The predicted octanol–water partition coefficient (Wildman–Crippen LogP) is 4.99. The fourth-order valence-electron chi connectivity index (χ4n) is 3.79. The van der Waals surface area contributed by atoms with Crippen molar-refractivity contribution in [3.63, 3.8) is 0 Å². The molecule has 0 aromatic heterocycles. The van der Waals surface area contributed by atoms with Crippen molar-refractivity contribution in [1.82, 2.24) is 10.2 Å². The van der Waals surface area contributed by atoms with Gasteiger partial charge in [-0.3, -0.25) is 9.59 Å². The van der Waals surface area contributed by atoms with E-state index in [9.17, 15) is 14.0 Å². The second kappa shape index (κ2) is 12.7. The van der Waals surface area contributed by atoms with E-state index in [2.05, 4.69) is 5.32 Å². The first-order valence-electron chi connectivity index (χ1n) is 11.9. The number of nitrogens with zero attached hydrogens (tertiary/aromatic N) is 1. The Morgan fingerprint density at radius 2 is 1.69 bits per heavy atom. The van der Waals surface area contributed by atoms with Gasteiger partial charge >= 0.3 is 0 Å². The first kappa shape index (κ1) is 25.9. The van der Waals surface area contributed by atoms with Crippen molar-refractivity contribution in [3.8, 4) is 5.75 Å². The zero-order chi connectivity index (χ0) is 25.2. The van der Waals surface area contributed by atoms with E-state index in [1.165, 1.54) is 17.0 Å². The standard InChI is InChI=1S/C29H33FN2O3/c1-4-16-31-29(34)26(18-23-8-6-5-7-9-23)32(19-24-12-14-25(30)15-13-24)28(33)20-35-27-17-21(2)10-11-22(27)3/h5-15,17,26H,4,16,18-20H2,1-3H3,(H,31,34)/t26-/m0/s1. The highest BCUT2D eigenvalue weighted by atomic mass is 19.1. The molecular weight excluding hydrogens is 443 g/mol. The highest BCUT2D eigenvalue weighted by Gasteiger charge is 2.30. The molecule has 0 bridgehead atoms. The van der Waals surface area contributed by atoms with Gasteiger partial charge in [-0.1, -0.05) is 61.5 Å². The number of benzene rings is 3. The topological polar surface area (TPSA) is 58.6 Å². The number of carbonyl (C=O) groups excluding carboxylic acids is 2. The average molecular weight is 477 g/mol. The molecule has 5 nitrogen and oxygen atoms in total. The van der Waals surface area contributed by atoms with Gasteiger partial charge in [0.2, 0.25) is 5.91 Å². The van der Waals surface area contributed by atoms with Crippen LogP contribution in [-0.4, -0.2) is 35.9 Å². The zero-order valence-electron chi connectivity index (χ0n) is 20.6. The molecule has 0 saturated carbocycles. The third-order valence-electron chi connectivity index (χ3n) is 5.78. The average Bonchev–Trinajstić information content (AvgIpc) is 2.86. The zero-order valence-corrected chi connectivity index (χ0v) is 20.6. The van der Waals surface area contributed by atoms with Gasteiger partial charge in [-0.25, -0.2) is 4.39 Å². The summed E-state index contributed by atoms with van der Waals surface area (Å²) in [6, 6.07) is 20.7. The van der Waals surface area contributed by atoms with Crippen LogP contribution in [0.3, 0.4) is 0 Å². The molecule has 0 aliphatic carbocycles. The molecule has 3 aromatic rings. The van der Waals surface area contributed by atoms with Gasteiger partial charge in [0.15, 0.2) is 6.61 Å². The van der Waals surface area contributed by atoms with Gasteiger partial charge in [0.05, 0.1) is 0 Å². The van der Waals surface area contributed by atoms with Crippen LogP contribution < -0.4 is 10.1 Å². The molecule has 184 valence electrons. The highest BCUT2D eigenvalue weighted by molar-refractivity contribution is 5.88. The summed E-state index contributed by atoms with van der Waals surface area (Å²) in [7, 11) is 0. The van der Waals surface area contributed by atoms with Crippen LogP contribution in [0.2, 0.25) is 0 Å². The second-order valence-corrected chi connectivity index (χ2v) is 8.70. The molecule has 2 amide bonds. The lowest BCUT2D eigenvalue weighted by molar-refractivity contribution is -0.142. The van der Waals surface area contributed by atoms with E-state index in [1.54, 1.807) is 12.1 Å². The lowest BCUT2D eigenvalue weighted by Gasteiger charge is -2.31. The molecule has 35 heavy (non-hydrogen) atoms. The Balaban J connectivity index is 1.90. The Bertz CT molecular complexity index is 1120. The molecule has 0 aliphatic rings. The van der Waals surface area contributed by atoms with Crippen molar-refractivity contribution >= 4 is 11.8 Å². The van der Waals surface area contributed by atoms with E-state index in [4.69, 9.17) is 4.74 Å². The maximum atomic E-state index is 13.5. The molecule has 1 N–H and O–H groups in total. The van der Waals surface area contributed by atoms with E-state index in [0.29, 0.717) is 18.7 Å². The van der Waals surface area contributed by atoms with E-state index in [-0.39, 0.29) is 30.8 Å². The van der Waals surface area contributed by atoms with Gasteiger partial charge < -0.3 is 15.0 Å². The minimum atomic E-state index is -0.747. The first-order valence-corrected chi connectivity index (χ1v) is 11.9. The number of carbonyl (C=O) groups is 2. The first-order chi connectivity index (χ1) is 16.9. The smallest absolute Gasteiger partial charge is 0.261 e. The van der Waals surface area contributed by atoms with Crippen LogP contribution >= 0.6 is 0 Å². The largest absolute Gasteiger partial charge is 0.483 e. The van der Waals surface area contributed by atoms with Crippen molar-refractivity contribution in [2.75, 3.05) is 13.2 Å². The molecule has 0 radical (unpaired) electrons. The lowest BCUT2D eigenvalue weighted by atomic mass is 10.0. The quantitative estimate of drug-likeness (QED) is 0.424. The molecule has 0 aliphatic heterocycles. The van der Waals surface area contributed by atoms with Crippen molar-refractivity contribution in [2.24, 2.45) is 0 Å². The van der Waals surface area contributed by atoms with Gasteiger partial charge in [-0.05, 0) is 60.7 Å². The molecule has 0 spiro atoms. The van der Waals surface area contributed by atoms with Crippen LogP contribution in [-0.2, 0) is 22.6 Å². The fraction of sp³-hybridized carbons (Fsp3) is 0.310. The summed E-state index contributed by atoms with van der Waals surface area (Å²) in [5, 5.41) is 2.94. The molecule has 0 fully saturated rings. The van der Waals surface area contributed by atoms with E-state index < -0.39 is 6.04 Å². The lowest BCUT2D eigenvalue weighted by Crippen LogP contribution is -2.51. The number of hydrogen-bond acceptors (Lipinski definition) is 3. The number of amides is 2. The van der Waals surface area contributed by atoms with Crippen LogP contribution in [0.15, 0.2) is 72.8 Å². The summed E-state index contributed by atoms with van der Waals surface area (Å²) in [5.74, 6) is -0.262. The minimum Gasteiger partial charge on any atom is -0.483 e. The number of halogens is 1. The maximum Gasteiger partial charge on any atom is 0.261 e. The van der Waals surface area contributed by atoms with Crippen LogP contribution in [0, 0.1) is 19.7 Å². The van der Waals surface area contributed by atoms with Gasteiger partial charge in [0.25, 0.3) is 5.91 Å². The summed E-state index contributed by atoms with van der Waals surface area (Å²) in [6.07, 6.45) is 1.14.